The van der Waals surface area contributed by atoms with Crippen LogP contribution < -0.4 is 10.2 Å². The summed E-state index contributed by atoms with van der Waals surface area (Å²) in [5, 5.41) is 18.6. The third-order valence-corrected chi connectivity index (χ3v) is 3.62. The Kier molecular flexibility index (Phi) is 6.48. The molecule has 0 radical (unpaired) electrons. The van der Waals surface area contributed by atoms with E-state index in [0.29, 0.717) is 5.46 Å². The van der Waals surface area contributed by atoms with Crippen LogP contribution in [0.15, 0.2) is 18.2 Å². The molecular formula is C12H19BO3S. The van der Waals surface area contributed by atoms with Gasteiger partial charge in [-0.2, -0.15) is 11.8 Å². The average Bonchev–Trinajstić information content (AvgIpc) is 2.34. The van der Waals surface area contributed by atoms with Gasteiger partial charge in [-0.15, -0.1) is 0 Å². The van der Waals surface area contributed by atoms with Crippen molar-refractivity contribution in [3.63, 3.8) is 0 Å². The highest BCUT2D eigenvalue weighted by Gasteiger charge is 2.16. The molecule has 0 aliphatic rings. The van der Waals surface area contributed by atoms with Crippen LogP contribution in [0.4, 0.5) is 0 Å². The van der Waals surface area contributed by atoms with Gasteiger partial charge in [-0.3, -0.25) is 0 Å². The smallest absolute Gasteiger partial charge is 0.488 e. The summed E-state index contributed by atoms with van der Waals surface area (Å²) in [7, 11) is 0.195. The summed E-state index contributed by atoms with van der Waals surface area (Å²) in [6.45, 7) is 2.16. The molecular weight excluding hydrogens is 235 g/mol. The topological polar surface area (TPSA) is 49.7 Å². The number of ether oxygens (including phenoxy) is 1. The fourth-order valence-corrected chi connectivity index (χ4v) is 2.62. The SMILES string of the molecule is CCCCSCc1cc(OC)ccc1B(O)O. The predicted molar refractivity (Wildman–Crippen MR) is 73.9 cm³/mol. The number of methoxy groups -OCH3 is 1. The summed E-state index contributed by atoms with van der Waals surface area (Å²) < 4.78 is 5.14. The molecule has 1 aromatic carbocycles. The summed E-state index contributed by atoms with van der Waals surface area (Å²) in [5.41, 5.74) is 1.50. The van der Waals surface area contributed by atoms with Crippen molar-refractivity contribution in [2.45, 2.75) is 25.5 Å². The van der Waals surface area contributed by atoms with Crippen molar-refractivity contribution in [2.24, 2.45) is 0 Å². The Morgan fingerprint density at radius 1 is 1.35 bits per heavy atom. The number of hydrogen-bond acceptors (Lipinski definition) is 4. The summed E-state index contributed by atoms with van der Waals surface area (Å²) in [4.78, 5) is 0. The molecule has 94 valence electrons. The van der Waals surface area contributed by atoms with Gasteiger partial charge < -0.3 is 14.8 Å². The van der Waals surface area contributed by atoms with Gasteiger partial charge in [-0.25, -0.2) is 0 Å². The van der Waals surface area contributed by atoms with Crippen molar-refractivity contribution in [3.05, 3.63) is 23.8 Å². The molecule has 0 unspecified atom stereocenters. The number of thioether (sulfide) groups is 1. The molecule has 0 saturated heterocycles. The minimum Gasteiger partial charge on any atom is -0.497 e. The molecule has 0 saturated carbocycles. The van der Waals surface area contributed by atoms with Gasteiger partial charge >= 0.3 is 7.12 Å². The molecule has 0 heterocycles. The minimum absolute atomic E-state index is 0.565. The maximum Gasteiger partial charge on any atom is 0.488 e. The zero-order valence-electron chi connectivity index (χ0n) is 10.3. The molecule has 0 aliphatic heterocycles. The van der Waals surface area contributed by atoms with E-state index < -0.39 is 7.12 Å². The lowest BCUT2D eigenvalue weighted by Crippen LogP contribution is -2.32. The maximum atomic E-state index is 9.28. The molecule has 3 nitrogen and oxygen atoms in total. The fraction of sp³-hybridized carbons (Fsp3) is 0.500. The largest absolute Gasteiger partial charge is 0.497 e. The van der Waals surface area contributed by atoms with E-state index in [1.807, 2.05) is 6.07 Å². The number of rotatable bonds is 7. The van der Waals surface area contributed by atoms with Crippen molar-refractivity contribution < 1.29 is 14.8 Å². The van der Waals surface area contributed by atoms with Gasteiger partial charge in [0, 0.05) is 5.75 Å². The van der Waals surface area contributed by atoms with Crippen LogP contribution in [-0.2, 0) is 5.75 Å². The molecule has 0 aliphatic carbocycles. The van der Waals surface area contributed by atoms with E-state index >= 15 is 0 Å². The molecule has 0 fully saturated rings. The summed E-state index contributed by atoms with van der Waals surface area (Å²) in [5.74, 6) is 2.62. The van der Waals surface area contributed by atoms with Crippen molar-refractivity contribution in [1.29, 1.82) is 0 Å². The highest BCUT2D eigenvalue weighted by atomic mass is 32.2. The Hall–Kier alpha value is -0.645. The first-order valence-corrected chi connectivity index (χ1v) is 6.95. The predicted octanol–water partition coefficient (Wildman–Crippen LogP) is 1.41. The first-order valence-electron chi connectivity index (χ1n) is 5.79. The second kappa shape index (κ2) is 7.64. The lowest BCUT2D eigenvalue weighted by Gasteiger charge is -2.10. The summed E-state index contributed by atoms with van der Waals surface area (Å²) >= 11 is 1.80. The highest BCUT2D eigenvalue weighted by molar-refractivity contribution is 7.98. The molecule has 0 atom stereocenters. The van der Waals surface area contributed by atoms with E-state index in [1.165, 1.54) is 12.8 Å². The molecule has 0 aromatic heterocycles. The monoisotopic (exact) mass is 254 g/mol. The molecule has 0 spiro atoms. The van der Waals surface area contributed by atoms with E-state index in [1.54, 1.807) is 31.0 Å². The Bertz CT molecular complexity index is 345. The van der Waals surface area contributed by atoms with Crippen LogP contribution >= 0.6 is 11.8 Å². The molecule has 0 amide bonds. The number of hydrogen-bond donors (Lipinski definition) is 2. The second-order valence-electron chi connectivity index (χ2n) is 3.84. The van der Waals surface area contributed by atoms with Crippen molar-refractivity contribution in [2.75, 3.05) is 12.9 Å². The lowest BCUT2D eigenvalue weighted by atomic mass is 9.77. The summed E-state index contributed by atoms with van der Waals surface area (Å²) in [6.07, 6.45) is 2.37. The normalized spacial score (nSPS) is 10.4. The van der Waals surface area contributed by atoms with Gasteiger partial charge in [0.1, 0.15) is 5.75 Å². The van der Waals surface area contributed by atoms with Crippen molar-refractivity contribution in [1.82, 2.24) is 0 Å². The standard InChI is InChI=1S/C12H19BO3S/c1-3-4-7-17-9-10-8-11(16-2)5-6-12(10)13(14)15/h5-6,8,14-15H,3-4,7,9H2,1-2H3. The van der Waals surface area contributed by atoms with Crippen molar-refractivity contribution >= 4 is 24.3 Å². The number of benzene rings is 1. The van der Waals surface area contributed by atoms with Gasteiger partial charge in [0.25, 0.3) is 0 Å². The minimum atomic E-state index is -1.41. The van der Waals surface area contributed by atoms with E-state index in [4.69, 9.17) is 4.74 Å². The molecule has 5 heteroatoms. The molecule has 2 N–H and O–H groups in total. The zero-order chi connectivity index (χ0) is 12.7. The average molecular weight is 254 g/mol. The van der Waals surface area contributed by atoms with Gasteiger partial charge in [0.15, 0.2) is 0 Å². The van der Waals surface area contributed by atoms with E-state index in [-0.39, 0.29) is 0 Å². The first kappa shape index (κ1) is 14.4. The Morgan fingerprint density at radius 3 is 2.71 bits per heavy atom. The van der Waals surface area contributed by atoms with Crippen LogP contribution in [0.2, 0.25) is 0 Å². The maximum absolute atomic E-state index is 9.28. The van der Waals surface area contributed by atoms with Crippen LogP contribution in [0.25, 0.3) is 0 Å². The Morgan fingerprint density at radius 2 is 2.12 bits per heavy atom. The van der Waals surface area contributed by atoms with E-state index in [2.05, 4.69) is 6.92 Å². The van der Waals surface area contributed by atoms with Gasteiger partial charge in [-0.05, 0) is 35.3 Å². The van der Waals surface area contributed by atoms with Gasteiger partial charge in [0.2, 0.25) is 0 Å². The van der Waals surface area contributed by atoms with E-state index in [0.717, 1.165) is 22.8 Å². The molecule has 0 bridgehead atoms. The first-order chi connectivity index (χ1) is 8.19. The van der Waals surface area contributed by atoms with Crippen LogP contribution in [0.5, 0.6) is 5.75 Å². The quantitative estimate of drug-likeness (QED) is 0.570. The van der Waals surface area contributed by atoms with Crippen LogP contribution in [-0.4, -0.2) is 30.0 Å². The van der Waals surface area contributed by atoms with Crippen molar-refractivity contribution in [3.8, 4) is 5.75 Å². The second-order valence-corrected chi connectivity index (χ2v) is 4.95. The Balaban J connectivity index is 2.71. The van der Waals surface area contributed by atoms with E-state index in [9.17, 15) is 10.0 Å². The summed E-state index contributed by atoms with van der Waals surface area (Å²) in [6, 6.07) is 5.32. The van der Waals surface area contributed by atoms with Gasteiger partial charge in [-0.1, -0.05) is 19.4 Å². The van der Waals surface area contributed by atoms with Crippen LogP contribution in [0.1, 0.15) is 25.3 Å². The van der Waals surface area contributed by atoms with Gasteiger partial charge in [0.05, 0.1) is 7.11 Å². The third-order valence-electron chi connectivity index (χ3n) is 2.53. The fourth-order valence-electron chi connectivity index (χ4n) is 1.51. The highest BCUT2D eigenvalue weighted by Crippen LogP contribution is 2.17. The molecule has 1 rings (SSSR count). The number of unbranched alkanes of at least 4 members (excludes halogenated alkanes) is 1. The van der Waals surface area contributed by atoms with Crippen LogP contribution in [0.3, 0.4) is 0 Å². The lowest BCUT2D eigenvalue weighted by molar-refractivity contribution is 0.413. The third kappa shape index (κ3) is 4.62. The molecule has 17 heavy (non-hydrogen) atoms. The zero-order valence-corrected chi connectivity index (χ0v) is 11.2. The molecule has 1 aromatic rings. The van der Waals surface area contributed by atoms with Crippen LogP contribution in [0, 0.1) is 0 Å². The Labute approximate surface area is 107 Å².